The third-order valence-electron chi connectivity index (χ3n) is 4.40. The Kier molecular flexibility index (Phi) is 4.52. The zero-order chi connectivity index (χ0) is 18.1. The molecule has 0 aliphatic carbocycles. The van der Waals surface area contributed by atoms with Gasteiger partial charge < -0.3 is 14.4 Å². The van der Waals surface area contributed by atoms with Crippen LogP contribution in [0, 0.1) is 5.82 Å². The number of anilines is 1. The van der Waals surface area contributed by atoms with Crippen LogP contribution in [0.5, 0.6) is 0 Å². The fourth-order valence-corrected chi connectivity index (χ4v) is 3.29. The normalized spacial score (nSPS) is 20.7. The fraction of sp³-hybridized carbons (Fsp3) is 0.389. The van der Waals surface area contributed by atoms with Gasteiger partial charge in [-0.05, 0) is 24.6 Å². The molecule has 2 atom stereocenters. The lowest BCUT2D eigenvalue weighted by Gasteiger charge is -2.38. The van der Waals surface area contributed by atoms with Crippen molar-refractivity contribution in [1.29, 1.82) is 0 Å². The van der Waals surface area contributed by atoms with E-state index in [1.54, 1.807) is 23.8 Å². The van der Waals surface area contributed by atoms with E-state index in [2.05, 4.69) is 20.0 Å². The summed E-state index contributed by atoms with van der Waals surface area (Å²) in [4.78, 5) is 10.9. The first-order chi connectivity index (χ1) is 12.6. The molecule has 1 aliphatic rings. The number of hydrogen-bond donors (Lipinski definition) is 0. The Balaban J connectivity index is 1.69. The Labute approximate surface area is 150 Å². The molecule has 4 rings (SSSR count). The number of aromatic nitrogens is 4. The Bertz CT molecular complexity index is 898. The van der Waals surface area contributed by atoms with E-state index in [4.69, 9.17) is 9.47 Å². The summed E-state index contributed by atoms with van der Waals surface area (Å²) in [7, 11) is 1.64. The van der Waals surface area contributed by atoms with E-state index >= 15 is 0 Å². The van der Waals surface area contributed by atoms with Crippen LogP contribution in [0.2, 0.25) is 0 Å². The van der Waals surface area contributed by atoms with Crippen molar-refractivity contribution in [2.24, 2.45) is 0 Å². The van der Waals surface area contributed by atoms with E-state index in [0.29, 0.717) is 25.5 Å². The van der Waals surface area contributed by atoms with Gasteiger partial charge in [0, 0.05) is 26.3 Å². The Morgan fingerprint density at radius 1 is 1.27 bits per heavy atom. The molecular formula is C18H20FN5O2. The lowest BCUT2D eigenvalue weighted by Crippen LogP contribution is -2.43. The van der Waals surface area contributed by atoms with E-state index in [-0.39, 0.29) is 18.0 Å². The van der Waals surface area contributed by atoms with E-state index in [0.717, 1.165) is 17.1 Å². The maximum Gasteiger partial charge on any atom is 0.254 e. The molecule has 0 amide bonds. The molecule has 3 aromatic rings. The lowest BCUT2D eigenvalue weighted by atomic mass is 10.1. The van der Waals surface area contributed by atoms with Gasteiger partial charge in [0.1, 0.15) is 24.1 Å². The van der Waals surface area contributed by atoms with E-state index in [9.17, 15) is 4.39 Å². The quantitative estimate of drug-likeness (QED) is 0.714. The molecule has 0 N–H and O–H groups in total. The van der Waals surface area contributed by atoms with Crippen LogP contribution >= 0.6 is 0 Å². The molecule has 1 fully saturated rings. The first-order valence-corrected chi connectivity index (χ1v) is 8.48. The largest absolute Gasteiger partial charge is 0.378 e. The van der Waals surface area contributed by atoms with Gasteiger partial charge in [-0.15, -0.1) is 0 Å². The third-order valence-corrected chi connectivity index (χ3v) is 4.40. The highest BCUT2D eigenvalue weighted by Gasteiger charge is 2.28. The smallest absolute Gasteiger partial charge is 0.254 e. The summed E-state index contributed by atoms with van der Waals surface area (Å²) in [5.41, 5.74) is 1.74. The number of rotatable bonds is 4. The van der Waals surface area contributed by atoms with Gasteiger partial charge in [0.05, 0.1) is 18.4 Å². The number of methoxy groups -OCH3 is 1. The van der Waals surface area contributed by atoms with Crippen LogP contribution in [0.15, 0.2) is 36.7 Å². The van der Waals surface area contributed by atoms with Crippen molar-refractivity contribution in [3.63, 3.8) is 0 Å². The van der Waals surface area contributed by atoms with E-state index in [1.165, 1.54) is 18.5 Å². The zero-order valence-corrected chi connectivity index (χ0v) is 14.7. The number of halogens is 1. The van der Waals surface area contributed by atoms with Crippen LogP contribution in [0.4, 0.5) is 10.2 Å². The van der Waals surface area contributed by atoms with Crippen LogP contribution in [0.3, 0.4) is 0 Å². The molecule has 136 valence electrons. The maximum absolute atomic E-state index is 13.2. The summed E-state index contributed by atoms with van der Waals surface area (Å²) in [6, 6.07) is 8.42. The van der Waals surface area contributed by atoms with Gasteiger partial charge >= 0.3 is 0 Å². The van der Waals surface area contributed by atoms with Crippen LogP contribution in [0.25, 0.3) is 5.78 Å². The molecule has 0 saturated carbocycles. The van der Waals surface area contributed by atoms with Crippen LogP contribution < -0.4 is 4.90 Å². The zero-order valence-electron chi connectivity index (χ0n) is 14.7. The van der Waals surface area contributed by atoms with Gasteiger partial charge in [-0.1, -0.05) is 12.1 Å². The van der Waals surface area contributed by atoms with Crippen molar-refractivity contribution in [3.05, 3.63) is 53.7 Å². The predicted molar refractivity (Wildman–Crippen MR) is 93.4 cm³/mol. The highest BCUT2D eigenvalue weighted by atomic mass is 19.1. The van der Waals surface area contributed by atoms with Crippen molar-refractivity contribution in [1.82, 2.24) is 19.6 Å². The number of benzene rings is 1. The average molecular weight is 357 g/mol. The summed E-state index contributed by atoms with van der Waals surface area (Å²) < 4.78 is 26.3. The molecule has 1 saturated heterocycles. The molecule has 7 nitrogen and oxygen atoms in total. The fourth-order valence-electron chi connectivity index (χ4n) is 3.29. The highest BCUT2D eigenvalue weighted by Crippen LogP contribution is 2.29. The van der Waals surface area contributed by atoms with Gasteiger partial charge in [0.2, 0.25) is 0 Å². The summed E-state index contributed by atoms with van der Waals surface area (Å²) >= 11 is 0. The molecule has 3 heterocycles. The second kappa shape index (κ2) is 6.97. The number of morpholine rings is 1. The van der Waals surface area contributed by atoms with Crippen molar-refractivity contribution in [2.75, 3.05) is 25.1 Å². The molecule has 0 bridgehead atoms. The molecule has 0 spiro atoms. The van der Waals surface area contributed by atoms with Gasteiger partial charge in [-0.25, -0.2) is 9.37 Å². The molecule has 2 unspecified atom stereocenters. The van der Waals surface area contributed by atoms with Gasteiger partial charge in [0.25, 0.3) is 5.78 Å². The summed E-state index contributed by atoms with van der Waals surface area (Å²) in [5, 5.41) is 4.30. The lowest BCUT2D eigenvalue weighted by molar-refractivity contribution is -0.0177. The maximum atomic E-state index is 13.2. The van der Waals surface area contributed by atoms with Crippen LogP contribution in [-0.4, -0.2) is 45.9 Å². The predicted octanol–water partition coefficient (Wildman–Crippen LogP) is 2.38. The van der Waals surface area contributed by atoms with E-state index in [1.807, 2.05) is 13.0 Å². The summed E-state index contributed by atoms with van der Waals surface area (Å²) in [6.45, 7) is 3.76. The first-order valence-electron chi connectivity index (χ1n) is 8.48. The van der Waals surface area contributed by atoms with Gasteiger partial charge in [0.15, 0.2) is 0 Å². The monoisotopic (exact) mass is 357 g/mol. The van der Waals surface area contributed by atoms with Crippen molar-refractivity contribution in [3.8, 4) is 0 Å². The number of fused-ring (bicyclic) bond motifs is 1. The molecule has 1 aliphatic heterocycles. The Morgan fingerprint density at radius 2 is 2.08 bits per heavy atom. The van der Waals surface area contributed by atoms with Crippen molar-refractivity contribution >= 4 is 11.6 Å². The van der Waals surface area contributed by atoms with Gasteiger partial charge in [-0.2, -0.15) is 14.6 Å². The molecule has 26 heavy (non-hydrogen) atoms. The van der Waals surface area contributed by atoms with Gasteiger partial charge in [-0.3, -0.25) is 0 Å². The minimum atomic E-state index is -0.253. The minimum Gasteiger partial charge on any atom is -0.378 e. The summed E-state index contributed by atoms with van der Waals surface area (Å²) in [6.07, 6.45) is 1.34. The van der Waals surface area contributed by atoms with Crippen molar-refractivity contribution < 1.29 is 13.9 Å². The third kappa shape index (κ3) is 3.25. The molecule has 0 radical (unpaired) electrons. The standard InChI is InChI=1S/C18H20FN5O2/c1-12-8-23(9-16(26-12)13-3-5-14(19)6-4-13)17-7-15(10-25-2)22-18-20-11-21-24(17)18/h3-7,11-12,16H,8-10H2,1-2H3. The Morgan fingerprint density at radius 3 is 2.85 bits per heavy atom. The second-order valence-corrected chi connectivity index (χ2v) is 6.40. The SMILES string of the molecule is COCc1cc(N2CC(C)OC(c3ccc(F)cc3)C2)n2ncnc2n1. The molecule has 2 aromatic heterocycles. The van der Waals surface area contributed by atoms with Crippen LogP contribution in [-0.2, 0) is 16.1 Å². The topological polar surface area (TPSA) is 64.8 Å². The van der Waals surface area contributed by atoms with Crippen LogP contribution in [0.1, 0.15) is 24.3 Å². The number of hydrogen-bond acceptors (Lipinski definition) is 6. The highest BCUT2D eigenvalue weighted by molar-refractivity contribution is 5.48. The number of nitrogens with zero attached hydrogens (tertiary/aromatic N) is 5. The average Bonchev–Trinajstić information content (AvgIpc) is 3.10. The number of ether oxygens (including phenoxy) is 2. The Hall–Kier alpha value is -2.58. The second-order valence-electron chi connectivity index (χ2n) is 6.40. The molecule has 1 aromatic carbocycles. The summed E-state index contributed by atoms with van der Waals surface area (Å²) in [5.74, 6) is 1.17. The first kappa shape index (κ1) is 16.9. The minimum absolute atomic E-state index is 0.0106. The van der Waals surface area contributed by atoms with Crippen molar-refractivity contribution in [2.45, 2.75) is 25.7 Å². The van der Waals surface area contributed by atoms with E-state index < -0.39 is 0 Å². The molecular weight excluding hydrogens is 337 g/mol. The molecule has 8 heteroatoms.